The number of ether oxygens (including phenoxy) is 2. The number of halogens is 4. The topological polar surface area (TPSA) is 50.7 Å². The number of rotatable bonds is 7. The highest BCUT2D eigenvalue weighted by molar-refractivity contribution is 9.10. The van der Waals surface area contributed by atoms with Crippen molar-refractivity contribution in [1.82, 2.24) is 0 Å². The van der Waals surface area contributed by atoms with Crippen LogP contribution < -0.4 is 14.8 Å². The molecule has 0 unspecified atom stereocenters. The Kier molecular flexibility index (Phi) is 7.11. The fraction of sp³-hybridized carbons (Fsp3) is 0.143. The molecule has 0 amide bonds. The Bertz CT molecular complexity index is 993. The second kappa shape index (κ2) is 9.57. The molecular weight excluding hydrogens is 484 g/mol. The number of hydrogen-bond donors (Lipinski definition) is 2. The zero-order valence-electron chi connectivity index (χ0n) is 15.3. The van der Waals surface area contributed by atoms with Crippen molar-refractivity contribution in [3.8, 4) is 17.2 Å². The third-order valence-corrected chi connectivity index (χ3v) is 5.26. The molecule has 8 heteroatoms. The van der Waals surface area contributed by atoms with Crippen LogP contribution in [0.2, 0.25) is 10.0 Å². The van der Waals surface area contributed by atoms with Crippen LogP contribution in [-0.2, 0) is 13.2 Å². The third-order valence-electron chi connectivity index (χ3n) is 4.10. The third kappa shape index (κ3) is 5.47. The summed E-state index contributed by atoms with van der Waals surface area (Å²) in [6.07, 6.45) is 0. The van der Waals surface area contributed by atoms with Gasteiger partial charge >= 0.3 is 0 Å². The van der Waals surface area contributed by atoms with Crippen LogP contribution in [0.3, 0.4) is 0 Å². The lowest BCUT2D eigenvalue weighted by molar-refractivity contribution is 0.282. The molecule has 4 nitrogen and oxygen atoms in total. The van der Waals surface area contributed by atoms with Gasteiger partial charge in [0.15, 0.2) is 17.2 Å². The summed E-state index contributed by atoms with van der Waals surface area (Å²) < 4.78 is 25.1. The maximum Gasteiger partial charge on any atom is 0.175 e. The number of phenols is 1. The average Bonchev–Trinajstić information content (AvgIpc) is 2.70. The molecule has 3 aromatic carbocycles. The Morgan fingerprint density at radius 1 is 1.03 bits per heavy atom. The minimum atomic E-state index is -0.291. The van der Waals surface area contributed by atoms with Crippen molar-refractivity contribution in [1.29, 1.82) is 0 Å². The highest BCUT2D eigenvalue weighted by atomic mass is 79.9. The lowest BCUT2D eigenvalue weighted by Gasteiger charge is -2.15. The van der Waals surface area contributed by atoms with Gasteiger partial charge in [0, 0.05) is 12.2 Å². The first kappa shape index (κ1) is 21.6. The van der Waals surface area contributed by atoms with Crippen molar-refractivity contribution in [2.75, 3.05) is 12.4 Å². The van der Waals surface area contributed by atoms with E-state index in [2.05, 4.69) is 21.2 Å². The molecule has 0 aliphatic carbocycles. The number of methoxy groups -OCH3 is 1. The minimum absolute atomic E-state index is 0.147. The zero-order chi connectivity index (χ0) is 21.0. The zero-order valence-corrected chi connectivity index (χ0v) is 18.4. The monoisotopic (exact) mass is 499 g/mol. The summed E-state index contributed by atoms with van der Waals surface area (Å²) in [5.74, 6) is 0.669. The second-order valence-electron chi connectivity index (χ2n) is 6.17. The molecular formula is C21H17BrCl2FNO3. The Morgan fingerprint density at radius 3 is 2.31 bits per heavy atom. The largest absolute Gasteiger partial charge is 0.505 e. The molecule has 2 N–H and O–H groups in total. The van der Waals surface area contributed by atoms with Gasteiger partial charge in [0.25, 0.3) is 0 Å². The molecule has 0 aromatic heterocycles. The minimum Gasteiger partial charge on any atom is -0.505 e. The highest BCUT2D eigenvalue weighted by Gasteiger charge is 2.13. The van der Waals surface area contributed by atoms with Crippen LogP contribution in [0.5, 0.6) is 17.2 Å². The fourth-order valence-corrected chi connectivity index (χ4v) is 3.71. The molecule has 0 fully saturated rings. The van der Waals surface area contributed by atoms with E-state index in [9.17, 15) is 9.50 Å². The van der Waals surface area contributed by atoms with Gasteiger partial charge in [-0.1, -0.05) is 35.3 Å². The van der Waals surface area contributed by atoms with Gasteiger partial charge in [0.05, 0.1) is 21.6 Å². The van der Waals surface area contributed by atoms with Gasteiger partial charge in [-0.25, -0.2) is 4.39 Å². The van der Waals surface area contributed by atoms with Crippen LogP contribution in [0.25, 0.3) is 0 Å². The van der Waals surface area contributed by atoms with Crippen LogP contribution >= 0.6 is 39.1 Å². The van der Waals surface area contributed by atoms with Gasteiger partial charge in [0.1, 0.15) is 12.4 Å². The summed E-state index contributed by atoms with van der Waals surface area (Å²) in [5, 5.41) is 13.2. The SMILES string of the molecule is COc1cc(CNc2cc(Cl)c(O)c(Cl)c2)cc(Br)c1OCc1ccc(F)cc1. The molecule has 0 heterocycles. The van der Waals surface area contributed by atoms with E-state index in [1.165, 1.54) is 12.1 Å². The van der Waals surface area contributed by atoms with Crippen molar-refractivity contribution in [2.24, 2.45) is 0 Å². The molecule has 0 bridgehead atoms. The summed E-state index contributed by atoms with van der Waals surface area (Å²) >= 11 is 15.4. The van der Waals surface area contributed by atoms with E-state index in [0.717, 1.165) is 15.6 Å². The van der Waals surface area contributed by atoms with E-state index in [0.29, 0.717) is 23.7 Å². The molecule has 0 aliphatic rings. The van der Waals surface area contributed by atoms with E-state index < -0.39 is 0 Å². The van der Waals surface area contributed by atoms with Crippen LogP contribution in [0.1, 0.15) is 11.1 Å². The van der Waals surface area contributed by atoms with Crippen molar-refractivity contribution in [3.63, 3.8) is 0 Å². The van der Waals surface area contributed by atoms with E-state index in [4.69, 9.17) is 32.7 Å². The van der Waals surface area contributed by atoms with E-state index in [1.54, 1.807) is 31.4 Å². The number of aromatic hydroxyl groups is 1. The Balaban J connectivity index is 1.73. The number of anilines is 1. The summed E-state index contributed by atoms with van der Waals surface area (Å²) in [7, 11) is 1.56. The summed E-state index contributed by atoms with van der Waals surface area (Å²) in [6.45, 7) is 0.738. The van der Waals surface area contributed by atoms with Gasteiger partial charge < -0.3 is 19.9 Å². The van der Waals surface area contributed by atoms with Gasteiger partial charge in [-0.2, -0.15) is 0 Å². The lowest BCUT2D eigenvalue weighted by atomic mass is 10.2. The standard InChI is InChI=1S/C21H17BrCl2FNO3/c1-28-19-7-13(10-26-15-8-17(23)20(27)18(24)9-15)6-16(22)21(19)29-11-12-2-4-14(25)5-3-12/h2-9,26-27H,10-11H2,1H3. The van der Waals surface area contributed by atoms with Crippen LogP contribution in [0, 0.1) is 5.82 Å². The Morgan fingerprint density at radius 2 is 1.69 bits per heavy atom. The summed E-state index contributed by atoms with van der Waals surface area (Å²) in [5.41, 5.74) is 2.43. The molecule has 0 radical (unpaired) electrons. The highest BCUT2D eigenvalue weighted by Crippen LogP contribution is 2.38. The second-order valence-corrected chi connectivity index (χ2v) is 7.83. The van der Waals surface area contributed by atoms with Gasteiger partial charge in [0.2, 0.25) is 0 Å². The Labute approximate surface area is 186 Å². The fourth-order valence-electron chi connectivity index (χ4n) is 2.62. The van der Waals surface area contributed by atoms with Crippen LogP contribution in [0.15, 0.2) is 53.0 Å². The molecule has 29 heavy (non-hydrogen) atoms. The predicted octanol–water partition coefficient (Wildman–Crippen LogP) is 6.80. The van der Waals surface area contributed by atoms with Gasteiger partial charge in [-0.05, 0) is 63.5 Å². The molecule has 0 atom stereocenters. The van der Waals surface area contributed by atoms with Gasteiger partial charge in [-0.3, -0.25) is 0 Å². The molecule has 3 rings (SSSR count). The number of phenolic OH excluding ortho intramolecular Hbond substituents is 1. The van der Waals surface area contributed by atoms with E-state index >= 15 is 0 Å². The first-order valence-corrected chi connectivity index (χ1v) is 10.1. The summed E-state index contributed by atoms with van der Waals surface area (Å²) in [6, 6.07) is 13.1. The molecule has 0 saturated carbocycles. The van der Waals surface area contributed by atoms with Crippen molar-refractivity contribution >= 4 is 44.8 Å². The molecule has 0 aliphatic heterocycles. The average molecular weight is 501 g/mol. The smallest absolute Gasteiger partial charge is 0.175 e. The molecule has 3 aromatic rings. The quantitative estimate of drug-likeness (QED) is 0.350. The summed E-state index contributed by atoms with van der Waals surface area (Å²) in [4.78, 5) is 0. The first-order chi connectivity index (χ1) is 13.9. The normalized spacial score (nSPS) is 10.7. The number of benzene rings is 3. The number of nitrogens with one attached hydrogen (secondary N) is 1. The maximum absolute atomic E-state index is 13.0. The maximum atomic E-state index is 13.0. The first-order valence-electron chi connectivity index (χ1n) is 8.53. The lowest BCUT2D eigenvalue weighted by Crippen LogP contribution is -2.03. The molecule has 152 valence electrons. The Hall–Kier alpha value is -2.15. The van der Waals surface area contributed by atoms with Crippen molar-refractivity contribution < 1.29 is 19.0 Å². The van der Waals surface area contributed by atoms with Crippen LogP contribution in [0.4, 0.5) is 10.1 Å². The van der Waals surface area contributed by atoms with Crippen molar-refractivity contribution in [2.45, 2.75) is 13.2 Å². The number of hydrogen-bond acceptors (Lipinski definition) is 4. The van der Waals surface area contributed by atoms with Gasteiger partial charge in [-0.15, -0.1) is 0 Å². The molecule has 0 spiro atoms. The van der Waals surface area contributed by atoms with Crippen molar-refractivity contribution in [3.05, 3.63) is 80.0 Å². The van der Waals surface area contributed by atoms with E-state index in [-0.39, 0.29) is 28.2 Å². The molecule has 0 saturated heterocycles. The van der Waals surface area contributed by atoms with E-state index in [1.807, 2.05) is 12.1 Å². The van der Waals surface area contributed by atoms with Crippen LogP contribution in [-0.4, -0.2) is 12.2 Å². The predicted molar refractivity (Wildman–Crippen MR) is 117 cm³/mol.